The fourth-order valence-corrected chi connectivity index (χ4v) is 4.01. The molecule has 1 aromatic heterocycles. The summed E-state index contributed by atoms with van der Waals surface area (Å²) in [6, 6.07) is 3.01. The van der Waals surface area contributed by atoms with Crippen molar-refractivity contribution in [2.45, 2.75) is 38.8 Å². The Morgan fingerprint density at radius 2 is 2.47 bits per heavy atom. The Bertz CT molecular complexity index is 290. The number of thioether (sulfide) groups is 1. The third-order valence-electron chi connectivity index (χ3n) is 2.93. The third-order valence-corrected chi connectivity index (χ3v) is 5.11. The normalized spacial score (nSPS) is 21.8. The molecule has 1 N–H and O–H groups in total. The topological polar surface area (TPSA) is 12.0 Å². The van der Waals surface area contributed by atoms with E-state index in [9.17, 15) is 0 Å². The molecule has 0 spiro atoms. The van der Waals surface area contributed by atoms with Crippen molar-refractivity contribution in [3.63, 3.8) is 0 Å². The maximum Gasteiger partial charge on any atom is 0.0305 e. The zero-order valence-corrected chi connectivity index (χ0v) is 10.9. The number of nitrogens with one attached hydrogen (secondary N) is 1. The summed E-state index contributed by atoms with van der Waals surface area (Å²) >= 11 is 3.98. The van der Waals surface area contributed by atoms with Crippen molar-refractivity contribution in [2.24, 2.45) is 0 Å². The fraction of sp³-hybridized carbons (Fsp3) is 0.667. The molecule has 1 nitrogen and oxygen atoms in total. The van der Waals surface area contributed by atoms with Gasteiger partial charge in [-0.25, -0.2) is 0 Å². The van der Waals surface area contributed by atoms with E-state index in [4.69, 9.17) is 0 Å². The first-order valence-electron chi connectivity index (χ1n) is 5.76. The van der Waals surface area contributed by atoms with Crippen molar-refractivity contribution < 1.29 is 0 Å². The van der Waals surface area contributed by atoms with E-state index in [1.807, 2.05) is 11.3 Å². The smallest absolute Gasteiger partial charge is 0.0305 e. The van der Waals surface area contributed by atoms with Gasteiger partial charge in [0.05, 0.1) is 0 Å². The molecule has 0 radical (unpaired) electrons. The lowest BCUT2D eigenvalue weighted by atomic mass is 10.1. The van der Waals surface area contributed by atoms with Crippen LogP contribution in [0.15, 0.2) is 11.4 Å². The molecule has 1 atom stereocenters. The largest absolute Gasteiger partial charge is 0.308 e. The average molecular weight is 241 g/mol. The highest BCUT2D eigenvalue weighted by atomic mass is 32.2. The third kappa shape index (κ3) is 3.23. The fourth-order valence-electron chi connectivity index (χ4n) is 1.98. The van der Waals surface area contributed by atoms with Gasteiger partial charge in [-0.2, -0.15) is 11.8 Å². The maximum atomic E-state index is 3.69. The molecule has 0 amide bonds. The summed E-state index contributed by atoms with van der Waals surface area (Å²) in [6.45, 7) is 3.31. The first-order chi connectivity index (χ1) is 7.40. The zero-order chi connectivity index (χ0) is 10.5. The Balaban J connectivity index is 1.81. The Kier molecular flexibility index (Phi) is 4.54. The lowest BCUT2D eigenvalue weighted by molar-refractivity contribution is 0.509. The Morgan fingerprint density at radius 3 is 3.20 bits per heavy atom. The van der Waals surface area contributed by atoms with Crippen LogP contribution >= 0.6 is 23.1 Å². The summed E-state index contributed by atoms with van der Waals surface area (Å²) in [7, 11) is 0. The van der Waals surface area contributed by atoms with Gasteiger partial charge >= 0.3 is 0 Å². The van der Waals surface area contributed by atoms with Gasteiger partial charge in [0.25, 0.3) is 0 Å². The predicted octanol–water partition coefficient (Wildman–Crippen LogP) is 3.30. The average Bonchev–Trinajstić information content (AvgIpc) is 2.75. The maximum absolute atomic E-state index is 3.69. The second-order valence-corrected chi connectivity index (χ2v) is 6.17. The molecule has 1 aliphatic rings. The molecule has 0 aliphatic carbocycles. The SMILES string of the molecule is CCc1ccsc1CNC1CCCSC1. The summed E-state index contributed by atoms with van der Waals surface area (Å²) in [4.78, 5) is 1.54. The van der Waals surface area contributed by atoms with Gasteiger partial charge in [-0.15, -0.1) is 11.3 Å². The van der Waals surface area contributed by atoms with Crippen molar-refractivity contribution in [2.75, 3.05) is 11.5 Å². The van der Waals surface area contributed by atoms with Crippen molar-refractivity contribution >= 4 is 23.1 Å². The minimum Gasteiger partial charge on any atom is -0.308 e. The van der Waals surface area contributed by atoms with Crippen molar-refractivity contribution in [1.82, 2.24) is 5.32 Å². The molecule has 84 valence electrons. The quantitative estimate of drug-likeness (QED) is 0.868. The molecular weight excluding hydrogens is 222 g/mol. The van der Waals surface area contributed by atoms with Gasteiger partial charge in [0.2, 0.25) is 0 Å². The lowest BCUT2D eigenvalue weighted by Gasteiger charge is -2.22. The van der Waals surface area contributed by atoms with Gasteiger partial charge in [0, 0.05) is 23.2 Å². The summed E-state index contributed by atoms with van der Waals surface area (Å²) in [5.41, 5.74) is 1.52. The van der Waals surface area contributed by atoms with E-state index in [0.29, 0.717) is 0 Å². The molecule has 1 aromatic rings. The van der Waals surface area contributed by atoms with E-state index >= 15 is 0 Å². The minimum atomic E-state index is 0.746. The second-order valence-electron chi connectivity index (χ2n) is 4.02. The molecule has 0 aromatic carbocycles. The molecular formula is C12H19NS2. The minimum absolute atomic E-state index is 0.746. The van der Waals surface area contributed by atoms with Gasteiger partial charge in [0.15, 0.2) is 0 Å². The molecule has 2 heterocycles. The van der Waals surface area contributed by atoms with E-state index in [1.165, 1.54) is 41.2 Å². The van der Waals surface area contributed by atoms with Gasteiger partial charge in [-0.05, 0) is 42.0 Å². The van der Waals surface area contributed by atoms with Crippen LogP contribution in [0.25, 0.3) is 0 Å². The van der Waals surface area contributed by atoms with Crippen LogP contribution in [0.2, 0.25) is 0 Å². The van der Waals surface area contributed by atoms with E-state index in [0.717, 1.165) is 12.6 Å². The van der Waals surface area contributed by atoms with Crippen LogP contribution in [0, 0.1) is 0 Å². The van der Waals surface area contributed by atoms with Crippen molar-refractivity contribution in [1.29, 1.82) is 0 Å². The van der Waals surface area contributed by atoms with Crippen LogP contribution in [0.5, 0.6) is 0 Å². The number of thiophene rings is 1. The summed E-state index contributed by atoms with van der Waals surface area (Å²) < 4.78 is 0. The summed E-state index contributed by atoms with van der Waals surface area (Å²) in [5, 5.41) is 5.90. The van der Waals surface area contributed by atoms with Crippen LogP contribution in [-0.4, -0.2) is 17.5 Å². The highest BCUT2D eigenvalue weighted by Gasteiger charge is 2.13. The first-order valence-corrected chi connectivity index (χ1v) is 7.80. The number of hydrogen-bond donors (Lipinski definition) is 1. The Morgan fingerprint density at radius 1 is 1.53 bits per heavy atom. The molecule has 1 fully saturated rings. The summed E-state index contributed by atoms with van der Waals surface area (Å²) in [5.74, 6) is 2.66. The second kappa shape index (κ2) is 5.92. The molecule has 2 rings (SSSR count). The number of aryl methyl sites for hydroxylation is 1. The molecule has 0 saturated carbocycles. The highest BCUT2D eigenvalue weighted by molar-refractivity contribution is 7.99. The first kappa shape index (κ1) is 11.5. The molecule has 1 saturated heterocycles. The van der Waals surface area contributed by atoms with Crippen LogP contribution in [0.3, 0.4) is 0 Å². The van der Waals surface area contributed by atoms with Crippen molar-refractivity contribution in [3.8, 4) is 0 Å². The molecule has 3 heteroatoms. The Hall–Kier alpha value is 0.01000. The van der Waals surface area contributed by atoms with Gasteiger partial charge in [0.1, 0.15) is 0 Å². The zero-order valence-electron chi connectivity index (χ0n) is 9.29. The van der Waals surface area contributed by atoms with Crippen LogP contribution in [-0.2, 0) is 13.0 Å². The van der Waals surface area contributed by atoms with E-state index < -0.39 is 0 Å². The molecule has 1 aliphatic heterocycles. The van der Waals surface area contributed by atoms with Crippen LogP contribution in [0.1, 0.15) is 30.2 Å². The van der Waals surface area contributed by atoms with Gasteiger partial charge < -0.3 is 5.32 Å². The Labute approximate surface area is 101 Å². The number of hydrogen-bond acceptors (Lipinski definition) is 3. The lowest BCUT2D eigenvalue weighted by Crippen LogP contribution is -2.33. The molecule has 15 heavy (non-hydrogen) atoms. The van der Waals surface area contributed by atoms with Crippen molar-refractivity contribution in [3.05, 3.63) is 21.9 Å². The van der Waals surface area contributed by atoms with Gasteiger partial charge in [-0.1, -0.05) is 6.92 Å². The number of rotatable bonds is 4. The molecule has 0 bridgehead atoms. The van der Waals surface area contributed by atoms with E-state index in [2.05, 4.69) is 35.4 Å². The predicted molar refractivity (Wildman–Crippen MR) is 70.9 cm³/mol. The van der Waals surface area contributed by atoms with E-state index in [-0.39, 0.29) is 0 Å². The van der Waals surface area contributed by atoms with Crippen LogP contribution in [0.4, 0.5) is 0 Å². The molecule has 1 unspecified atom stereocenters. The summed E-state index contributed by atoms with van der Waals surface area (Å²) in [6.07, 6.45) is 3.91. The monoisotopic (exact) mass is 241 g/mol. The van der Waals surface area contributed by atoms with Gasteiger partial charge in [-0.3, -0.25) is 0 Å². The standard InChI is InChI=1S/C12H19NS2/c1-2-10-5-7-15-12(10)8-13-11-4-3-6-14-9-11/h5,7,11,13H,2-4,6,8-9H2,1H3. The highest BCUT2D eigenvalue weighted by Crippen LogP contribution is 2.20. The van der Waals surface area contributed by atoms with Crippen LogP contribution < -0.4 is 5.32 Å². The van der Waals surface area contributed by atoms with E-state index in [1.54, 1.807) is 0 Å².